The molecule has 0 amide bonds. The van der Waals surface area contributed by atoms with Gasteiger partial charge in [0.15, 0.2) is 0 Å². The maximum atomic E-state index is 12.5. The Bertz CT molecular complexity index is 754. The lowest BCUT2D eigenvalue weighted by atomic mass is 9.91. The molecular formula is C16H26O6P2S2. The van der Waals surface area contributed by atoms with Gasteiger partial charge in [0.1, 0.15) is 5.75 Å². The van der Waals surface area contributed by atoms with Gasteiger partial charge >= 0.3 is 15.2 Å². The number of hydrogen-bond acceptors (Lipinski definition) is 5. The van der Waals surface area contributed by atoms with E-state index in [9.17, 15) is 23.8 Å². The van der Waals surface area contributed by atoms with E-state index in [4.69, 9.17) is 4.52 Å². The van der Waals surface area contributed by atoms with E-state index in [0.29, 0.717) is 12.8 Å². The lowest BCUT2D eigenvalue weighted by Crippen LogP contribution is -2.11. The fraction of sp³-hybridized carbons (Fsp3) is 0.562. The zero-order valence-corrected chi connectivity index (χ0v) is 19.0. The van der Waals surface area contributed by atoms with Crippen molar-refractivity contribution in [1.29, 1.82) is 0 Å². The van der Waals surface area contributed by atoms with E-state index in [1.54, 1.807) is 0 Å². The van der Waals surface area contributed by atoms with Gasteiger partial charge in [0.2, 0.25) is 4.35 Å². The van der Waals surface area contributed by atoms with Crippen molar-refractivity contribution in [3.05, 3.63) is 22.3 Å². The Morgan fingerprint density at radius 2 is 1.38 bits per heavy atom. The third-order valence-electron chi connectivity index (χ3n) is 4.15. The summed E-state index contributed by atoms with van der Waals surface area (Å²) in [4.78, 5) is 29.5. The highest BCUT2D eigenvalue weighted by Crippen LogP contribution is 2.59. The van der Waals surface area contributed by atoms with Crippen LogP contribution in [-0.2, 0) is 34.8 Å². The quantitative estimate of drug-likeness (QED) is 0.289. The molecule has 1 rings (SSSR count). The lowest BCUT2D eigenvalue weighted by Gasteiger charge is -2.26. The summed E-state index contributed by atoms with van der Waals surface area (Å²) in [5.74, 6) is 0.232. The topological polar surface area (TPSA) is 104 Å². The maximum Gasteiger partial charge on any atom is 0.427 e. The third kappa shape index (κ3) is 4.79. The Labute approximate surface area is 164 Å². The molecule has 0 aromatic heterocycles. The molecule has 3 N–H and O–H groups in total. The Morgan fingerprint density at radius 3 is 1.73 bits per heavy atom. The minimum Gasteiger partial charge on any atom is -0.420 e. The molecule has 0 aliphatic heterocycles. The summed E-state index contributed by atoms with van der Waals surface area (Å²) in [5, 5.41) is 0. The van der Waals surface area contributed by atoms with Crippen LogP contribution in [0.1, 0.15) is 49.9 Å². The Morgan fingerprint density at radius 1 is 0.923 bits per heavy atom. The molecule has 0 fully saturated rings. The van der Waals surface area contributed by atoms with E-state index in [2.05, 4.69) is 19.1 Å². The van der Waals surface area contributed by atoms with Gasteiger partial charge < -0.3 is 19.2 Å². The minimum absolute atomic E-state index is 0.232. The molecule has 0 aliphatic carbocycles. The van der Waals surface area contributed by atoms with Crippen LogP contribution in [0.3, 0.4) is 0 Å². The van der Waals surface area contributed by atoms with Gasteiger partial charge in [0.05, 0.1) is 0 Å². The molecule has 0 bridgehead atoms. The van der Waals surface area contributed by atoms with Crippen LogP contribution in [0.2, 0.25) is 0 Å². The molecule has 0 radical (unpaired) electrons. The van der Waals surface area contributed by atoms with Gasteiger partial charge in [0, 0.05) is 10.5 Å². The van der Waals surface area contributed by atoms with Crippen molar-refractivity contribution < 1.29 is 28.3 Å². The SMILES string of the molecule is CCc1c(CC)c(OP(=O)(O)C(=S)P(=O)(O)O)c(CC)c(SC)c1CC. The van der Waals surface area contributed by atoms with Crippen molar-refractivity contribution >= 4 is 43.5 Å². The molecule has 148 valence electrons. The van der Waals surface area contributed by atoms with Gasteiger partial charge in [-0.1, -0.05) is 39.9 Å². The predicted molar refractivity (Wildman–Crippen MR) is 111 cm³/mol. The molecule has 1 aromatic carbocycles. The van der Waals surface area contributed by atoms with Crippen LogP contribution < -0.4 is 4.52 Å². The number of hydrogen-bond donors (Lipinski definition) is 3. The standard InChI is InChI=1S/C16H26O6P2S2/c1-6-10-11(7-2)14(13(9-4)15(26-5)12(10)8-3)22-24(20,21)16(25)23(17,18)19/h6-9H2,1-5H3,(H,20,21)(H2,17,18,19). The van der Waals surface area contributed by atoms with Gasteiger partial charge in [0.25, 0.3) is 0 Å². The van der Waals surface area contributed by atoms with E-state index in [1.807, 2.05) is 27.0 Å². The second kappa shape index (κ2) is 9.33. The van der Waals surface area contributed by atoms with E-state index in [-0.39, 0.29) is 5.75 Å². The summed E-state index contributed by atoms with van der Waals surface area (Å²) < 4.78 is 28.0. The molecule has 26 heavy (non-hydrogen) atoms. The highest BCUT2D eigenvalue weighted by molar-refractivity contribution is 8.16. The molecular weight excluding hydrogens is 414 g/mol. The molecule has 0 saturated heterocycles. The first-order chi connectivity index (χ1) is 12.0. The zero-order chi connectivity index (χ0) is 20.3. The first kappa shape index (κ1) is 23.8. The summed E-state index contributed by atoms with van der Waals surface area (Å²) in [6.07, 6.45) is 4.59. The molecule has 0 heterocycles. The second-order valence-corrected chi connectivity index (χ2v) is 11.0. The fourth-order valence-electron chi connectivity index (χ4n) is 3.10. The van der Waals surface area contributed by atoms with Crippen LogP contribution >= 0.6 is 39.2 Å². The van der Waals surface area contributed by atoms with E-state index in [1.165, 1.54) is 17.3 Å². The number of thiocarbonyl (C=S) groups is 1. The monoisotopic (exact) mass is 440 g/mol. The van der Waals surface area contributed by atoms with Crippen molar-refractivity contribution in [2.45, 2.75) is 58.3 Å². The van der Waals surface area contributed by atoms with Crippen molar-refractivity contribution in [2.24, 2.45) is 0 Å². The molecule has 6 nitrogen and oxygen atoms in total. The second-order valence-electron chi connectivity index (χ2n) is 5.63. The number of rotatable bonds is 9. The molecule has 1 aromatic rings. The van der Waals surface area contributed by atoms with Crippen molar-refractivity contribution in [3.8, 4) is 5.75 Å². The third-order valence-corrected chi connectivity index (χ3v) is 9.41. The zero-order valence-electron chi connectivity index (χ0n) is 15.6. The minimum atomic E-state index is -5.03. The van der Waals surface area contributed by atoms with Gasteiger partial charge in [-0.25, -0.2) is 4.57 Å². The summed E-state index contributed by atoms with van der Waals surface area (Å²) in [7, 11) is -9.86. The Hall–Kier alpha value is -0.200. The molecule has 1 atom stereocenters. The van der Waals surface area contributed by atoms with E-state index < -0.39 is 19.5 Å². The van der Waals surface area contributed by atoms with Crippen LogP contribution in [0, 0.1) is 0 Å². The molecule has 0 saturated carbocycles. The van der Waals surface area contributed by atoms with Gasteiger partial charge in [-0.3, -0.25) is 4.57 Å². The van der Waals surface area contributed by atoms with Crippen molar-refractivity contribution in [2.75, 3.05) is 6.26 Å². The molecule has 0 spiro atoms. The van der Waals surface area contributed by atoms with E-state index in [0.717, 1.165) is 34.4 Å². The van der Waals surface area contributed by atoms with Crippen LogP contribution in [-0.4, -0.2) is 25.3 Å². The van der Waals surface area contributed by atoms with Crippen LogP contribution in [0.15, 0.2) is 4.90 Å². The van der Waals surface area contributed by atoms with Crippen molar-refractivity contribution in [3.63, 3.8) is 0 Å². The van der Waals surface area contributed by atoms with Gasteiger partial charge in [-0.05, 0) is 48.6 Å². The first-order valence-electron chi connectivity index (χ1n) is 8.36. The van der Waals surface area contributed by atoms with Gasteiger partial charge in [-0.2, -0.15) is 0 Å². The fourth-order valence-corrected chi connectivity index (χ4v) is 6.20. The molecule has 0 aliphatic rings. The highest BCUT2D eigenvalue weighted by Gasteiger charge is 2.41. The first-order valence-corrected chi connectivity index (χ1v) is 13.2. The lowest BCUT2D eigenvalue weighted by molar-refractivity contribution is 0.383. The highest BCUT2D eigenvalue weighted by atomic mass is 32.2. The molecule has 1 unspecified atom stereocenters. The maximum absolute atomic E-state index is 12.5. The predicted octanol–water partition coefficient (Wildman–Crippen LogP) is 4.68. The average Bonchev–Trinajstić information content (AvgIpc) is 2.58. The Balaban J connectivity index is 3.77. The summed E-state index contributed by atoms with van der Waals surface area (Å²) in [6.45, 7) is 7.90. The van der Waals surface area contributed by atoms with Crippen LogP contribution in [0.25, 0.3) is 0 Å². The van der Waals surface area contributed by atoms with Crippen LogP contribution in [0.4, 0.5) is 0 Å². The average molecular weight is 440 g/mol. The normalized spacial score (nSPS) is 14.2. The largest absolute Gasteiger partial charge is 0.427 e. The van der Waals surface area contributed by atoms with Gasteiger partial charge in [-0.15, -0.1) is 11.8 Å². The van der Waals surface area contributed by atoms with Crippen LogP contribution in [0.5, 0.6) is 5.75 Å². The van der Waals surface area contributed by atoms with Crippen molar-refractivity contribution in [1.82, 2.24) is 0 Å². The smallest absolute Gasteiger partial charge is 0.420 e. The molecule has 10 heteroatoms. The number of benzene rings is 1. The number of thioether (sulfide) groups is 1. The summed E-state index contributed by atoms with van der Waals surface area (Å²) >= 11 is 6.09. The summed E-state index contributed by atoms with van der Waals surface area (Å²) in [5.41, 5.74) is 3.80. The Kier molecular flexibility index (Phi) is 8.56. The van der Waals surface area contributed by atoms with E-state index >= 15 is 0 Å². The summed E-state index contributed by atoms with van der Waals surface area (Å²) in [6, 6.07) is 0.